The Bertz CT molecular complexity index is 1020. The van der Waals surface area contributed by atoms with Crippen molar-refractivity contribution in [3.63, 3.8) is 0 Å². The molecule has 30 heavy (non-hydrogen) atoms. The predicted octanol–water partition coefficient (Wildman–Crippen LogP) is 3.72. The monoisotopic (exact) mass is 404 g/mol. The molecule has 0 spiro atoms. The zero-order valence-corrected chi connectivity index (χ0v) is 17.0. The highest BCUT2D eigenvalue weighted by Crippen LogP contribution is 2.16. The van der Waals surface area contributed by atoms with Gasteiger partial charge in [0.1, 0.15) is 18.1 Å². The van der Waals surface area contributed by atoms with E-state index in [1.54, 1.807) is 18.2 Å². The third kappa shape index (κ3) is 5.85. The molecule has 0 saturated carbocycles. The van der Waals surface area contributed by atoms with Crippen LogP contribution in [0, 0.1) is 13.8 Å². The largest absolute Gasteiger partial charge is 0.489 e. The van der Waals surface area contributed by atoms with Gasteiger partial charge in [-0.2, -0.15) is 0 Å². The second-order valence-corrected chi connectivity index (χ2v) is 6.80. The Balaban J connectivity index is 1.51. The topological polar surface area (TPSA) is 76.7 Å². The lowest BCUT2D eigenvalue weighted by molar-refractivity contribution is -0.123. The standard InChI is InChI=1S/C24H24N2O4/c1-17-12-13-21(14-18(17)2)30-16-23(27)25-26-24(28)22-11-7-6-8-19(22)15-29-20-9-4-3-5-10-20/h3-14H,15-16H2,1-2H3,(H,25,27)(H,26,28). The summed E-state index contributed by atoms with van der Waals surface area (Å²) >= 11 is 0. The highest BCUT2D eigenvalue weighted by molar-refractivity contribution is 5.96. The SMILES string of the molecule is Cc1ccc(OCC(=O)NNC(=O)c2ccccc2COc2ccccc2)cc1C. The number of para-hydroxylation sites is 1. The van der Waals surface area contributed by atoms with Gasteiger partial charge in [0.2, 0.25) is 0 Å². The Morgan fingerprint density at radius 2 is 1.50 bits per heavy atom. The molecule has 0 aliphatic carbocycles. The van der Waals surface area contributed by atoms with Gasteiger partial charge < -0.3 is 9.47 Å². The molecule has 6 nitrogen and oxygen atoms in total. The molecule has 0 aliphatic heterocycles. The summed E-state index contributed by atoms with van der Waals surface area (Å²) in [7, 11) is 0. The molecular weight excluding hydrogens is 380 g/mol. The predicted molar refractivity (Wildman–Crippen MR) is 114 cm³/mol. The van der Waals surface area contributed by atoms with E-state index >= 15 is 0 Å². The molecule has 3 rings (SSSR count). The van der Waals surface area contributed by atoms with Crippen LogP contribution in [0.1, 0.15) is 27.0 Å². The molecule has 2 N–H and O–H groups in total. The average molecular weight is 404 g/mol. The van der Waals surface area contributed by atoms with Crippen LogP contribution in [0.4, 0.5) is 0 Å². The number of hydrazine groups is 1. The second-order valence-electron chi connectivity index (χ2n) is 6.80. The fourth-order valence-corrected chi connectivity index (χ4v) is 2.73. The molecule has 0 bridgehead atoms. The van der Waals surface area contributed by atoms with Crippen LogP contribution < -0.4 is 20.3 Å². The van der Waals surface area contributed by atoms with Gasteiger partial charge in [-0.3, -0.25) is 20.4 Å². The van der Waals surface area contributed by atoms with Crippen molar-refractivity contribution in [3.8, 4) is 11.5 Å². The first-order valence-corrected chi connectivity index (χ1v) is 9.58. The smallest absolute Gasteiger partial charge is 0.276 e. The minimum atomic E-state index is -0.459. The Labute approximate surface area is 175 Å². The number of amides is 2. The van der Waals surface area contributed by atoms with Gasteiger partial charge in [0.15, 0.2) is 6.61 Å². The summed E-state index contributed by atoms with van der Waals surface area (Å²) in [5.74, 6) is 0.425. The number of carbonyl (C=O) groups is 2. The Hall–Kier alpha value is -3.80. The molecule has 0 radical (unpaired) electrons. The molecular formula is C24H24N2O4. The molecule has 0 aliphatic rings. The molecule has 0 atom stereocenters. The summed E-state index contributed by atoms with van der Waals surface area (Å²) in [5.41, 5.74) is 8.15. The van der Waals surface area contributed by atoms with E-state index < -0.39 is 11.8 Å². The highest BCUT2D eigenvalue weighted by Gasteiger charge is 2.13. The molecule has 3 aromatic rings. The molecule has 6 heteroatoms. The minimum absolute atomic E-state index is 0.207. The maximum absolute atomic E-state index is 12.5. The lowest BCUT2D eigenvalue weighted by Gasteiger charge is -2.12. The maximum Gasteiger partial charge on any atom is 0.276 e. The van der Waals surface area contributed by atoms with Crippen LogP contribution in [0.15, 0.2) is 72.8 Å². The summed E-state index contributed by atoms with van der Waals surface area (Å²) in [6, 6.07) is 22.0. The molecule has 154 valence electrons. The van der Waals surface area contributed by atoms with Gasteiger partial charge in [-0.15, -0.1) is 0 Å². The van der Waals surface area contributed by atoms with E-state index in [0.717, 1.165) is 11.1 Å². The maximum atomic E-state index is 12.5. The zero-order valence-electron chi connectivity index (χ0n) is 17.0. The van der Waals surface area contributed by atoms with Gasteiger partial charge in [-0.05, 0) is 55.3 Å². The van der Waals surface area contributed by atoms with Crippen LogP contribution in [0.2, 0.25) is 0 Å². The van der Waals surface area contributed by atoms with Crippen molar-refractivity contribution in [1.82, 2.24) is 10.9 Å². The van der Waals surface area contributed by atoms with E-state index in [4.69, 9.17) is 9.47 Å². The number of carbonyl (C=O) groups excluding carboxylic acids is 2. The third-order valence-electron chi connectivity index (χ3n) is 4.56. The molecule has 0 unspecified atom stereocenters. The van der Waals surface area contributed by atoms with Crippen molar-refractivity contribution < 1.29 is 19.1 Å². The summed E-state index contributed by atoms with van der Waals surface area (Å²) in [4.78, 5) is 24.5. The molecule has 0 aromatic heterocycles. The first-order valence-electron chi connectivity index (χ1n) is 9.58. The van der Waals surface area contributed by atoms with E-state index in [-0.39, 0.29) is 13.2 Å². The van der Waals surface area contributed by atoms with Gasteiger partial charge in [0, 0.05) is 11.1 Å². The van der Waals surface area contributed by atoms with E-state index in [0.29, 0.717) is 22.6 Å². The van der Waals surface area contributed by atoms with Crippen molar-refractivity contribution in [2.24, 2.45) is 0 Å². The molecule has 3 aromatic carbocycles. The van der Waals surface area contributed by atoms with Gasteiger partial charge >= 0.3 is 0 Å². The fourth-order valence-electron chi connectivity index (χ4n) is 2.73. The van der Waals surface area contributed by atoms with Gasteiger partial charge in [-0.25, -0.2) is 0 Å². The van der Waals surface area contributed by atoms with Crippen LogP contribution in [0.5, 0.6) is 11.5 Å². The number of ether oxygens (including phenoxy) is 2. The van der Waals surface area contributed by atoms with Gasteiger partial charge in [-0.1, -0.05) is 42.5 Å². The molecule has 2 amide bonds. The molecule has 0 heterocycles. The highest BCUT2D eigenvalue weighted by atomic mass is 16.5. The lowest BCUT2D eigenvalue weighted by Crippen LogP contribution is -2.44. The first kappa shape index (κ1) is 20.9. The second kappa shape index (κ2) is 10.1. The Morgan fingerprint density at radius 3 is 2.27 bits per heavy atom. The quantitative estimate of drug-likeness (QED) is 0.589. The van der Waals surface area contributed by atoms with Crippen LogP contribution in [-0.4, -0.2) is 18.4 Å². The average Bonchev–Trinajstić information content (AvgIpc) is 2.77. The Morgan fingerprint density at radius 1 is 0.767 bits per heavy atom. The van der Waals surface area contributed by atoms with Crippen molar-refractivity contribution in [3.05, 3.63) is 95.1 Å². The summed E-state index contributed by atoms with van der Waals surface area (Å²) in [6.07, 6.45) is 0. The van der Waals surface area contributed by atoms with Crippen LogP contribution in [0.25, 0.3) is 0 Å². The van der Waals surface area contributed by atoms with E-state index in [9.17, 15) is 9.59 Å². The number of benzene rings is 3. The van der Waals surface area contributed by atoms with Crippen LogP contribution in [-0.2, 0) is 11.4 Å². The van der Waals surface area contributed by atoms with Gasteiger partial charge in [0.05, 0.1) is 0 Å². The van der Waals surface area contributed by atoms with Crippen molar-refractivity contribution >= 4 is 11.8 Å². The lowest BCUT2D eigenvalue weighted by atomic mass is 10.1. The van der Waals surface area contributed by atoms with Gasteiger partial charge in [0.25, 0.3) is 11.8 Å². The van der Waals surface area contributed by atoms with E-state index in [1.807, 2.05) is 68.4 Å². The Kier molecular flexibility index (Phi) is 7.05. The van der Waals surface area contributed by atoms with Crippen LogP contribution in [0.3, 0.4) is 0 Å². The normalized spacial score (nSPS) is 10.2. The van der Waals surface area contributed by atoms with Crippen LogP contribution >= 0.6 is 0 Å². The van der Waals surface area contributed by atoms with Crippen molar-refractivity contribution in [2.45, 2.75) is 20.5 Å². The summed E-state index contributed by atoms with van der Waals surface area (Å²) < 4.78 is 11.2. The third-order valence-corrected chi connectivity index (χ3v) is 4.56. The van der Waals surface area contributed by atoms with Crippen molar-refractivity contribution in [1.29, 1.82) is 0 Å². The number of hydrogen-bond acceptors (Lipinski definition) is 4. The fraction of sp³-hybridized carbons (Fsp3) is 0.167. The molecule has 0 saturated heterocycles. The van der Waals surface area contributed by atoms with E-state index in [1.165, 1.54) is 0 Å². The van der Waals surface area contributed by atoms with E-state index in [2.05, 4.69) is 10.9 Å². The minimum Gasteiger partial charge on any atom is -0.489 e. The number of rotatable bonds is 7. The number of nitrogens with one attached hydrogen (secondary N) is 2. The summed E-state index contributed by atoms with van der Waals surface area (Å²) in [5, 5.41) is 0. The number of aryl methyl sites for hydroxylation is 2. The van der Waals surface area contributed by atoms with Crippen molar-refractivity contribution in [2.75, 3.05) is 6.61 Å². The zero-order chi connectivity index (χ0) is 21.3. The summed E-state index contributed by atoms with van der Waals surface area (Å²) in [6.45, 7) is 4.00. The number of hydrogen-bond donors (Lipinski definition) is 2. The molecule has 0 fully saturated rings. The first-order chi connectivity index (χ1) is 14.5.